The van der Waals surface area contributed by atoms with Gasteiger partial charge in [0.2, 0.25) is 0 Å². The van der Waals surface area contributed by atoms with Gasteiger partial charge in [0.25, 0.3) is 0 Å². The van der Waals surface area contributed by atoms with Crippen molar-refractivity contribution in [1.29, 1.82) is 0 Å². The van der Waals surface area contributed by atoms with Crippen molar-refractivity contribution in [2.45, 2.75) is 59.5 Å². The van der Waals surface area contributed by atoms with Gasteiger partial charge < -0.3 is 5.32 Å². The zero-order chi connectivity index (χ0) is 15.5. The predicted molar refractivity (Wildman–Crippen MR) is 82.3 cm³/mol. The molecule has 0 aliphatic carbocycles. The summed E-state index contributed by atoms with van der Waals surface area (Å²) in [6.07, 6.45) is 5.19. The minimum absolute atomic E-state index is 0.0671. The fourth-order valence-electron chi connectivity index (χ4n) is 1.86. The first-order chi connectivity index (χ1) is 9.93. The van der Waals surface area contributed by atoms with Crippen molar-refractivity contribution >= 4 is 0 Å². The summed E-state index contributed by atoms with van der Waals surface area (Å²) in [4.78, 5) is 13.4. The molecule has 1 N–H and O–H groups in total. The molecule has 2 aromatic rings. The summed E-state index contributed by atoms with van der Waals surface area (Å²) in [5.74, 6) is 2.48. The maximum absolute atomic E-state index is 4.49. The van der Waals surface area contributed by atoms with Crippen LogP contribution in [-0.4, -0.2) is 30.3 Å². The number of aromatic nitrogens is 5. The van der Waals surface area contributed by atoms with Crippen LogP contribution >= 0.6 is 0 Å². The number of hydrogen-bond acceptors (Lipinski definition) is 5. The largest absolute Gasteiger partial charge is 0.306 e. The lowest BCUT2D eigenvalue weighted by atomic mass is 10.1. The van der Waals surface area contributed by atoms with Gasteiger partial charge in [-0.3, -0.25) is 4.98 Å². The van der Waals surface area contributed by atoms with Crippen molar-refractivity contribution in [3.8, 4) is 5.82 Å². The quantitative estimate of drug-likeness (QED) is 0.912. The van der Waals surface area contributed by atoms with E-state index in [4.69, 9.17) is 0 Å². The van der Waals surface area contributed by atoms with E-state index in [1.807, 2.05) is 6.92 Å². The Kier molecular flexibility index (Phi) is 4.67. The molecule has 0 bridgehead atoms. The van der Waals surface area contributed by atoms with Crippen LogP contribution < -0.4 is 5.32 Å². The first kappa shape index (κ1) is 15.6. The van der Waals surface area contributed by atoms with Crippen LogP contribution in [0.4, 0.5) is 0 Å². The highest BCUT2D eigenvalue weighted by Gasteiger charge is 2.12. The van der Waals surface area contributed by atoms with Gasteiger partial charge in [-0.1, -0.05) is 13.8 Å². The van der Waals surface area contributed by atoms with Crippen molar-refractivity contribution in [3.05, 3.63) is 29.7 Å². The Morgan fingerprint density at radius 1 is 1.10 bits per heavy atom. The molecule has 2 heterocycles. The van der Waals surface area contributed by atoms with Gasteiger partial charge in [0.05, 0.1) is 18.1 Å². The molecule has 21 heavy (non-hydrogen) atoms. The van der Waals surface area contributed by atoms with Gasteiger partial charge in [-0.05, 0) is 20.8 Å². The summed E-state index contributed by atoms with van der Waals surface area (Å²) in [7, 11) is 0. The Bertz CT molecular complexity index is 579. The van der Waals surface area contributed by atoms with Crippen LogP contribution in [0.2, 0.25) is 0 Å². The van der Waals surface area contributed by atoms with Crippen LogP contribution in [0.25, 0.3) is 5.82 Å². The molecule has 0 unspecified atom stereocenters. The number of rotatable bonds is 5. The SMILES string of the molecule is CCc1nc(CC)n(-c2cnc(CNC(C)(C)C)cn2)n1. The molecule has 6 heteroatoms. The standard InChI is InChI=1S/C15H24N6/c1-6-12-19-13(7-2)21(20-12)14-10-16-11(8-17-14)9-18-15(3,4)5/h8,10,18H,6-7,9H2,1-5H3. The number of nitrogens with one attached hydrogen (secondary N) is 1. The predicted octanol–water partition coefficient (Wildman–Crippen LogP) is 2.07. The van der Waals surface area contributed by atoms with Crippen LogP contribution in [0.3, 0.4) is 0 Å². The highest BCUT2D eigenvalue weighted by atomic mass is 15.4. The molecule has 0 saturated carbocycles. The summed E-state index contributed by atoms with van der Waals surface area (Å²) in [6, 6.07) is 0. The zero-order valence-electron chi connectivity index (χ0n) is 13.5. The molecule has 0 spiro atoms. The first-order valence-electron chi connectivity index (χ1n) is 7.44. The second-order valence-electron chi connectivity index (χ2n) is 6.03. The molecular formula is C15H24N6. The average Bonchev–Trinajstić information content (AvgIpc) is 2.88. The monoisotopic (exact) mass is 288 g/mol. The molecule has 2 rings (SSSR count). The lowest BCUT2D eigenvalue weighted by Gasteiger charge is -2.19. The summed E-state index contributed by atoms with van der Waals surface area (Å²) in [5, 5.41) is 7.87. The topological polar surface area (TPSA) is 68.5 Å². The smallest absolute Gasteiger partial charge is 0.174 e. The van der Waals surface area contributed by atoms with Gasteiger partial charge in [0.15, 0.2) is 11.6 Å². The van der Waals surface area contributed by atoms with Crippen LogP contribution in [0.15, 0.2) is 12.4 Å². The third-order valence-corrected chi connectivity index (χ3v) is 3.06. The van der Waals surface area contributed by atoms with Crippen molar-refractivity contribution in [1.82, 2.24) is 30.0 Å². The fourth-order valence-corrected chi connectivity index (χ4v) is 1.86. The number of aryl methyl sites for hydroxylation is 2. The third kappa shape index (κ3) is 4.07. The number of nitrogens with zero attached hydrogens (tertiary/aromatic N) is 5. The van der Waals surface area contributed by atoms with E-state index < -0.39 is 0 Å². The average molecular weight is 288 g/mol. The van der Waals surface area contributed by atoms with E-state index in [1.165, 1.54) is 0 Å². The van der Waals surface area contributed by atoms with Crippen LogP contribution in [-0.2, 0) is 19.4 Å². The second-order valence-corrected chi connectivity index (χ2v) is 6.03. The van der Waals surface area contributed by atoms with E-state index in [0.717, 1.165) is 36.0 Å². The molecule has 0 aliphatic heterocycles. The Morgan fingerprint density at radius 3 is 2.38 bits per heavy atom. The summed E-state index contributed by atoms with van der Waals surface area (Å²) in [5.41, 5.74) is 0.986. The zero-order valence-corrected chi connectivity index (χ0v) is 13.5. The molecule has 6 nitrogen and oxygen atoms in total. The summed E-state index contributed by atoms with van der Waals surface area (Å²) >= 11 is 0. The Morgan fingerprint density at radius 2 is 1.86 bits per heavy atom. The molecule has 0 aromatic carbocycles. The van der Waals surface area contributed by atoms with Gasteiger partial charge in [-0.15, -0.1) is 5.10 Å². The van der Waals surface area contributed by atoms with Crippen LogP contribution in [0.1, 0.15) is 52.0 Å². The Balaban J connectivity index is 2.17. The molecule has 0 radical (unpaired) electrons. The Labute approximate surface area is 126 Å². The second kappa shape index (κ2) is 6.30. The van der Waals surface area contributed by atoms with Crippen molar-refractivity contribution in [2.24, 2.45) is 0 Å². The summed E-state index contributed by atoms with van der Waals surface area (Å²) in [6.45, 7) is 11.2. The van der Waals surface area contributed by atoms with Crippen molar-refractivity contribution in [2.75, 3.05) is 0 Å². The molecule has 0 saturated heterocycles. The van der Waals surface area contributed by atoms with E-state index in [1.54, 1.807) is 17.1 Å². The lowest BCUT2D eigenvalue weighted by molar-refractivity contribution is 0.421. The molecular weight excluding hydrogens is 264 g/mol. The molecule has 0 amide bonds. The highest BCUT2D eigenvalue weighted by molar-refractivity contribution is 5.20. The van der Waals surface area contributed by atoms with E-state index in [9.17, 15) is 0 Å². The Hall–Kier alpha value is -1.82. The summed E-state index contributed by atoms with van der Waals surface area (Å²) < 4.78 is 1.78. The minimum atomic E-state index is 0.0671. The van der Waals surface area contributed by atoms with E-state index >= 15 is 0 Å². The normalized spacial score (nSPS) is 11.9. The molecule has 0 fully saturated rings. The minimum Gasteiger partial charge on any atom is -0.306 e. The van der Waals surface area contributed by atoms with Gasteiger partial charge >= 0.3 is 0 Å². The molecule has 0 aliphatic rings. The fraction of sp³-hybridized carbons (Fsp3) is 0.600. The molecule has 114 valence electrons. The van der Waals surface area contributed by atoms with Crippen LogP contribution in [0, 0.1) is 0 Å². The number of hydrogen-bond donors (Lipinski definition) is 1. The van der Waals surface area contributed by atoms with E-state index in [0.29, 0.717) is 6.54 Å². The van der Waals surface area contributed by atoms with Gasteiger partial charge in [-0.25, -0.2) is 9.97 Å². The molecule has 2 aromatic heterocycles. The maximum atomic E-state index is 4.49. The third-order valence-electron chi connectivity index (χ3n) is 3.06. The van der Waals surface area contributed by atoms with Gasteiger partial charge in [-0.2, -0.15) is 4.68 Å². The molecule has 0 atom stereocenters. The van der Waals surface area contributed by atoms with Crippen LogP contribution in [0.5, 0.6) is 0 Å². The van der Waals surface area contributed by atoms with E-state index in [-0.39, 0.29) is 5.54 Å². The first-order valence-corrected chi connectivity index (χ1v) is 7.44. The van der Waals surface area contributed by atoms with E-state index in [2.05, 4.69) is 53.1 Å². The van der Waals surface area contributed by atoms with Gasteiger partial charge in [0, 0.05) is 24.9 Å². The van der Waals surface area contributed by atoms with Crippen molar-refractivity contribution in [3.63, 3.8) is 0 Å². The maximum Gasteiger partial charge on any atom is 0.174 e. The highest BCUT2D eigenvalue weighted by Crippen LogP contribution is 2.08. The lowest BCUT2D eigenvalue weighted by Crippen LogP contribution is -2.35. The van der Waals surface area contributed by atoms with Crippen molar-refractivity contribution < 1.29 is 0 Å². The van der Waals surface area contributed by atoms with Gasteiger partial charge in [0.1, 0.15) is 5.82 Å².